The van der Waals surface area contributed by atoms with Crippen LogP contribution in [0.1, 0.15) is 0 Å². The van der Waals surface area contributed by atoms with Gasteiger partial charge in [0.2, 0.25) is 0 Å². The number of alkyl halides is 2. The zero-order valence-corrected chi connectivity index (χ0v) is 11.4. The van der Waals surface area contributed by atoms with Crippen LogP contribution in [0.4, 0.5) is 24.5 Å². The number of benzene rings is 1. The predicted molar refractivity (Wildman–Crippen MR) is 73.2 cm³/mol. The number of nitrogens with one attached hydrogen (secondary N) is 1. The molecule has 118 valence electrons. The second kappa shape index (κ2) is 7.37. The number of nitrogens with zero attached hydrogens (tertiary/aromatic N) is 1. The third-order valence-corrected chi connectivity index (χ3v) is 3.17. The van der Waals surface area contributed by atoms with Gasteiger partial charge in [-0.2, -0.15) is 8.78 Å². The summed E-state index contributed by atoms with van der Waals surface area (Å²) >= 11 is 0. The van der Waals surface area contributed by atoms with Crippen LogP contribution in [0.25, 0.3) is 0 Å². The Morgan fingerprint density at radius 2 is 2.05 bits per heavy atom. The highest BCUT2D eigenvalue weighted by atomic mass is 19.3. The van der Waals surface area contributed by atoms with Crippen LogP contribution in [0, 0.1) is 5.82 Å². The summed E-state index contributed by atoms with van der Waals surface area (Å²) in [7, 11) is 0. The zero-order chi connectivity index (χ0) is 15.2. The largest absolute Gasteiger partial charge is 0.432 e. The van der Waals surface area contributed by atoms with Crippen molar-refractivity contribution in [1.29, 1.82) is 0 Å². The second-order valence-electron chi connectivity index (χ2n) is 4.63. The number of hydrogen-bond acceptors (Lipinski definition) is 5. The quantitative estimate of drug-likeness (QED) is 0.784. The molecule has 0 aromatic heterocycles. The van der Waals surface area contributed by atoms with Gasteiger partial charge in [-0.25, -0.2) is 4.39 Å². The highest BCUT2D eigenvalue weighted by Crippen LogP contribution is 2.29. The molecule has 1 aromatic rings. The maximum atomic E-state index is 13.4. The Labute approximate surface area is 120 Å². The lowest BCUT2D eigenvalue weighted by Gasteiger charge is -2.26. The van der Waals surface area contributed by atoms with E-state index in [2.05, 4.69) is 15.0 Å². The molecule has 0 bridgehead atoms. The van der Waals surface area contributed by atoms with E-state index in [0.717, 1.165) is 31.8 Å². The van der Waals surface area contributed by atoms with Crippen molar-refractivity contribution in [2.45, 2.75) is 6.61 Å². The molecule has 0 radical (unpaired) electrons. The first-order valence-corrected chi connectivity index (χ1v) is 6.64. The molecule has 21 heavy (non-hydrogen) atoms. The van der Waals surface area contributed by atoms with Crippen molar-refractivity contribution in [2.24, 2.45) is 0 Å². The molecule has 0 amide bonds. The first kappa shape index (κ1) is 15.7. The highest BCUT2D eigenvalue weighted by Gasteiger charge is 2.14. The molecule has 0 saturated carbocycles. The van der Waals surface area contributed by atoms with Crippen LogP contribution in [0.3, 0.4) is 0 Å². The van der Waals surface area contributed by atoms with Gasteiger partial charge in [-0.1, -0.05) is 0 Å². The van der Waals surface area contributed by atoms with Crippen molar-refractivity contribution in [3.8, 4) is 5.75 Å². The summed E-state index contributed by atoms with van der Waals surface area (Å²) in [5.74, 6) is -1.43. The Bertz CT molecular complexity index is 468. The molecule has 1 heterocycles. The fourth-order valence-electron chi connectivity index (χ4n) is 2.08. The molecule has 1 saturated heterocycles. The van der Waals surface area contributed by atoms with Crippen LogP contribution in [-0.4, -0.2) is 50.9 Å². The van der Waals surface area contributed by atoms with E-state index in [1.54, 1.807) is 0 Å². The maximum Gasteiger partial charge on any atom is 0.387 e. The number of nitrogens with two attached hydrogens (primary N) is 1. The summed E-state index contributed by atoms with van der Waals surface area (Å²) in [6.07, 6.45) is 0. The molecule has 8 heteroatoms. The van der Waals surface area contributed by atoms with E-state index in [1.165, 1.54) is 0 Å². The minimum Gasteiger partial charge on any atom is -0.432 e. The van der Waals surface area contributed by atoms with E-state index in [-0.39, 0.29) is 5.69 Å². The van der Waals surface area contributed by atoms with E-state index in [1.807, 2.05) is 0 Å². The minimum absolute atomic E-state index is 0.149. The van der Waals surface area contributed by atoms with Gasteiger partial charge in [0.1, 0.15) is 0 Å². The van der Waals surface area contributed by atoms with E-state index in [9.17, 15) is 13.2 Å². The summed E-state index contributed by atoms with van der Waals surface area (Å²) in [6.45, 7) is 1.33. The van der Waals surface area contributed by atoms with Crippen LogP contribution >= 0.6 is 0 Å². The molecular weight excluding hydrogens is 287 g/mol. The number of hydrogen-bond donors (Lipinski definition) is 2. The van der Waals surface area contributed by atoms with Gasteiger partial charge in [-0.05, 0) is 0 Å². The number of morpholine rings is 1. The van der Waals surface area contributed by atoms with Crippen molar-refractivity contribution in [3.05, 3.63) is 17.9 Å². The summed E-state index contributed by atoms with van der Waals surface area (Å²) in [5, 5.41) is 3.00. The number of rotatable bonds is 6. The average molecular weight is 305 g/mol. The highest BCUT2D eigenvalue weighted by molar-refractivity contribution is 5.68. The number of anilines is 2. The van der Waals surface area contributed by atoms with Crippen LogP contribution in [0.15, 0.2) is 12.1 Å². The van der Waals surface area contributed by atoms with Gasteiger partial charge in [0.05, 0.1) is 24.6 Å². The van der Waals surface area contributed by atoms with Gasteiger partial charge in [-0.3, -0.25) is 4.90 Å². The number of ether oxygens (including phenoxy) is 2. The second-order valence-corrected chi connectivity index (χ2v) is 4.63. The topological polar surface area (TPSA) is 59.8 Å². The molecule has 0 spiro atoms. The maximum absolute atomic E-state index is 13.4. The summed E-state index contributed by atoms with van der Waals surface area (Å²) in [6, 6.07) is 2.12. The average Bonchev–Trinajstić information content (AvgIpc) is 2.44. The molecule has 0 aliphatic carbocycles. The van der Waals surface area contributed by atoms with Crippen LogP contribution in [0.2, 0.25) is 0 Å². The Balaban J connectivity index is 1.92. The third-order valence-electron chi connectivity index (χ3n) is 3.17. The van der Waals surface area contributed by atoms with Crippen molar-refractivity contribution in [2.75, 3.05) is 50.4 Å². The van der Waals surface area contributed by atoms with Crippen LogP contribution < -0.4 is 15.8 Å². The van der Waals surface area contributed by atoms with Crippen molar-refractivity contribution < 1.29 is 22.6 Å². The lowest BCUT2D eigenvalue weighted by molar-refractivity contribution is -0.0521. The summed E-state index contributed by atoms with van der Waals surface area (Å²) in [5.41, 5.74) is 6.19. The first-order chi connectivity index (χ1) is 10.1. The smallest absolute Gasteiger partial charge is 0.387 e. The fraction of sp³-hybridized carbons (Fsp3) is 0.538. The molecule has 1 aromatic carbocycles. The van der Waals surface area contributed by atoms with Gasteiger partial charge < -0.3 is 20.5 Å². The fourth-order valence-corrected chi connectivity index (χ4v) is 2.08. The molecule has 1 aliphatic rings. The standard InChI is InChI=1S/C13H18F3N3O2/c14-9-7-10(17)11(8-12(9)21-13(15)16)18-1-2-19-3-5-20-6-4-19/h7-8,13,18H,1-6,17H2. The Kier molecular flexibility index (Phi) is 5.51. The molecule has 0 unspecified atom stereocenters. The van der Waals surface area contributed by atoms with E-state index in [0.29, 0.717) is 25.4 Å². The number of halogens is 3. The van der Waals surface area contributed by atoms with E-state index < -0.39 is 18.2 Å². The molecule has 2 rings (SSSR count). The molecule has 5 nitrogen and oxygen atoms in total. The molecule has 0 atom stereocenters. The first-order valence-electron chi connectivity index (χ1n) is 6.64. The monoisotopic (exact) mass is 305 g/mol. The Morgan fingerprint density at radius 3 is 2.71 bits per heavy atom. The van der Waals surface area contributed by atoms with E-state index >= 15 is 0 Å². The Morgan fingerprint density at radius 1 is 1.33 bits per heavy atom. The number of nitrogen functional groups attached to an aromatic ring is 1. The molecule has 1 fully saturated rings. The zero-order valence-electron chi connectivity index (χ0n) is 11.4. The SMILES string of the molecule is Nc1cc(F)c(OC(F)F)cc1NCCN1CCOCC1. The van der Waals surface area contributed by atoms with Crippen LogP contribution in [-0.2, 0) is 4.74 Å². The lowest BCUT2D eigenvalue weighted by Crippen LogP contribution is -2.39. The van der Waals surface area contributed by atoms with Gasteiger partial charge >= 0.3 is 6.61 Å². The van der Waals surface area contributed by atoms with E-state index in [4.69, 9.17) is 10.5 Å². The minimum atomic E-state index is -3.08. The van der Waals surface area contributed by atoms with Crippen molar-refractivity contribution in [3.63, 3.8) is 0 Å². The summed E-state index contributed by atoms with van der Waals surface area (Å²) < 4.78 is 47.1. The van der Waals surface area contributed by atoms with Gasteiger partial charge in [0.25, 0.3) is 0 Å². The van der Waals surface area contributed by atoms with Crippen molar-refractivity contribution >= 4 is 11.4 Å². The molecule has 1 aliphatic heterocycles. The molecular formula is C13H18F3N3O2. The predicted octanol–water partition coefficient (Wildman–Crippen LogP) is 1.75. The van der Waals surface area contributed by atoms with Gasteiger partial charge in [0, 0.05) is 38.3 Å². The third kappa shape index (κ3) is 4.68. The molecule has 3 N–H and O–H groups in total. The lowest BCUT2D eigenvalue weighted by atomic mass is 10.2. The summed E-state index contributed by atoms with van der Waals surface area (Å²) in [4.78, 5) is 2.20. The Hall–Kier alpha value is -1.67. The van der Waals surface area contributed by atoms with Crippen LogP contribution in [0.5, 0.6) is 5.75 Å². The normalized spacial score (nSPS) is 16.2. The van der Waals surface area contributed by atoms with Gasteiger partial charge in [-0.15, -0.1) is 0 Å². The van der Waals surface area contributed by atoms with Crippen molar-refractivity contribution in [1.82, 2.24) is 4.90 Å². The van der Waals surface area contributed by atoms with Gasteiger partial charge in [0.15, 0.2) is 11.6 Å².